The van der Waals surface area contributed by atoms with Gasteiger partial charge in [-0.15, -0.1) is 0 Å². The van der Waals surface area contributed by atoms with Crippen LogP contribution in [-0.4, -0.2) is 18.7 Å². The summed E-state index contributed by atoms with van der Waals surface area (Å²) in [7, 11) is 1.68. The third-order valence-corrected chi connectivity index (χ3v) is 7.91. The molecule has 0 aliphatic heterocycles. The lowest BCUT2D eigenvalue weighted by Gasteiger charge is -2.52. The Hall–Kier alpha value is -1.35. The Balaban J connectivity index is 1.67. The summed E-state index contributed by atoms with van der Waals surface area (Å²) in [5, 5.41) is 0. The number of aryl methyl sites for hydroxylation is 1. The van der Waals surface area contributed by atoms with E-state index in [1.54, 1.807) is 7.11 Å². The molecular weight excluding hydrogens is 336 g/mol. The molecule has 5 atom stereocenters. The fraction of sp³-hybridized carbons (Fsp3) is 0.708. The highest BCUT2D eigenvalue weighted by atomic mass is 16.7. The minimum atomic E-state index is -0.617. The van der Waals surface area contributed by atoms with E-state index >= 15 is 0 Å². The van der Waals surface area contributed by atoms with E-state index in [9.17, 15) is 4.79 Å². The van der Waals surface area contributed by atoms with Crippen molar-refractivity contribution < 1.29 is 14.3 Å². The summed E-state index contributed by atoms with van der Waals surface area (Å²) in [5.41, 5.74) is 2.89. The molecule has 3 nitrogen and oxygen atoms in total. The van der Waals surface area contributed by atoms with E-state index in [0.717, 1.165) is 37.9 Å². The Morgan fingerprint density at radius 3 is 2.70 bits per heavy atom. The summed E-state index contributed by atoms with van der Waals surface area (Å²) in [4.78, 5) is 12.7. The van der Waals surface area contributed by atoms with Gasteiger partial charge in [-0.1, -0.05) is 26.3 Å². The van der Waals surface area contributed by atoms with Gasteiger partial charge in [-0.3, -0.25) is 4.79 Å². The van der Waals surface area contributed by atoms with Crippen molar-refractivity contribution in [3.63, 3.8) is 0 Å². The Morgan fingerprint density at radius 2 is 2.00 bits per heavy atom. The SMILES string of the molecule is CC[C@H]1C[C@]2(C)C(=O)CC[C@H]2[C@@H]2CCc3cc(OC(C)(C)OC)ccc3[C@@H]12. The molecule has 27 heavy (non-hydrogen) atoms. The van der Waals surface area contributed by atoms with Crippen molar-refractivity contribution in [2.24, 2.45) is 23.2 Å². The van der Waals surface area contributed by atoms with Gasteiger partial charge >= 0.3 is 0 Å². The van der Waals surface area contributed by atoms with E-state index in [1.165, 1.54) is 17.5 Å². The van der Waals surface area contributed by atoms with E-state index in [0.29, 0.717) is 29.5 Å². The van der Waals surface area contributed by atoms with Crippen molar-refractivity contribution in [2.45, 2.75) is 77.9 Å². The molecule has 4 rings (SSSR count). The Morgan fingerprint density at radius 1 is 1.22 bits per heavy atom. The fourth-order valence-corrected chi connectivity index (χ4v) is 6.42. The Labute approximate surface area is 163 Å². The molecule has 0 unspecified atom stereocenters. The van der Waals surface area contributed by atoms with Crippen molar-refractivity contribution in [2.75, 3.05) is 7.11 Å². The summed E-state index contributed by atoms with van der Waals surface area (Å²) in [6.45, 7) is 8.45. The number of hydrogen-bond acceptors (Lipinski definition) is 3. The van der Waals surface area contributed by atoms with Gasteiger partial charge in [0, 0.05) is 32.8 Å². The van der Waals surface area contributed by atoms with E-state index in [2.05, 4.69) is 32.0 Å². The molecule has 0 amide bonds. The number of rotatable bonds is 4. The van der Waals surface area contributed by atoms with E-state index in [1.807, 2.05) is 13.8 Å². The average Bonchev–Trinajstić information content (AvgIpc) is 2.95. The number of Topliss-reactive ketones (excluding diaryl/α,β-unsaturated/α-hetero) is 1. The molecule has 0 N–H and O–H groups in total. The Bertz CT molecular complexity index is 737. The maximum absolute atomic E-state index is 12.7. The van der Waals surface area contributed by atoms with Crippen LogP contribution in [0.2, 0.25) is 0 Å². The highest BCUT2D eigenvalue weighted by Gasteiger charge is 2.57. The van der Waals surface area contributed by atoms with Crippen molar-refractivity contribution in [3.05, 3.63) is 29.3 Å². The molecule has 0 radical (unpaired) electrons. The van der Waals surface area contributed by atoms with Crippen molar-refractivity contribution >= 4 is 5.78 Å². The average molecular weight is 371 g/mol. The molecule has 148 valence electrons. The quantitative estimate of drug-likeness (QED) is 0.656. The van der Waals surface area contributed by atoms with Crippen molar-refractivity contribution in [1.82, 2.24) is 0 Å². The molecule has 0 spiro atoms. The molecular formula is C24H34O3. The number of ether oxygens (including phenoxy) is 2. The van der Waals surface area contributed by atoms with Gasteiger partial charge in [0.1, 0.15) is 11.5 Å². The molecule has 0 aromatic heterocycles. The number of carbonyl (C=O) groups is 1. The first-order chi connectivity index (χ1) is 12.8. The number of ketones is 1. The van der Waals surface area contributed by atoms with Crippen LogP contribution >= 0.6 is 0 Å². The molecule has 2 fully saturated rings. The maximum atomic E-state index is 12.7. The summed E-state index contributed by atoms with van der Waals surface area (Å²) in [6, 6.07) is 6.64. The fourth-order valence-electron chi connectivity index (χ4n) is 6.42. The second-order valence-corrected chi connectivity index (χ2v) is 9.65. The van der Waals surface area contributed by atoms with Crippen LogP contribution in [0.3, 0.4) is 0 Å². The molecule has 1 aromatic rings. The molecule has 1 aromatic carbocycles. The highest BCUT2D eigenvalue weighted by molar-refractivity contribution is 5.87. The molecule has 3 heteroatoms. The van der Waals surface area contributed by atoms with Gasteiger partial charge in [0.05, 0.1) is 0 Å². The van der Waals surface area contributed by atoms with E-state index in [-0.39, 0.29) is 5.41 Å². The van der Waals surface area contributed by atoms with Crippen LogP contribution in [0.25, 0.3) is 0 Å². The predicted octanol–water partition coefficient (Wildman–Crippen LogP) is 5.51. The second-order valence-electron chi connectivity index (χ2n) is 9.65. The summed E-state index contributed by atoms with van der Waals surface area (Å²) in [6.07, 6.45) is 6.43. The van der Waals surface area contributed by atoms with Gasteiger partial charge < -0.3 is 9.47 Å². The normalized spacial score (nSPS) is 35.4. The number of carbonyl (C=O) groups excluding carboxylic acids is 1. The van der Waals surface area contributed by atoms with E-state index < -0.39 is 5.79 Å². The monoisotopic (exact) mass is 370 g/mol. The van der Waals surface area contributed by atoms with Gasteiger partial charge in [0.25, 0.3) is 0 Å². The lowest BCUT2D eigenvalue weighted by Crippen LogP contribution is -2.46. The van der Waals surface area contributed by atoms with Crippen LogP contribution in [0.5, 0.6) is 5.75 Å². The van der Waals surface area contributed by atoms with Crippen LogP contribution in [0.4, 0.5) is 0 Å². The first-order valence-corrected chi connectivity index (χ1v) is 10.7. The summed E-state index contributed by atoms with van der Waals surface area (Å²) < 4.78 is 11.5. The smallest absolute Gasteiger partial charge is 0.204 e. The second kappa shape index (κ2) is 6.62. The maximum Gasteiger partial charge on any atom is 0.204 e. The standard InChI is InChI=1S/C24H34O3/c1-6-15-14-24(4)20(11-12-21(24)25)19-9-7-16-13-17(27-23(2,3)26-5)8-10-18(16)22(15)19/h8,10,13,15,19-20,22H,6-7,9,11-12,14H2,1-5H3/t15-,19-,20-,22+,24-/m0/s1. The topological polar surface area (TPSA) is 35.5 Å². The van der Waals surface area contributed by atoms with Gasteiger partial charge in [-0.25, -0.2) is 0 Å². The zero-order valence-corrected chi connectivity index (χ0v) is 17.5. The Kier molecular flexibility index (Phi) is 4.65. The molecule has 0 bridgehead atoms. The van der Waals surface area contributed by atoms with Crippen LogP contribution in [-0.2, 0) is 16.0 Å². The predicted molar refractivity (Wildman–Crippen MR) is 107 cm³/mol. The van der Waals surface area contributed by atoms with Gasteiger partial charge in [-0.05, 0) is 72.6 Å². The number of benzene rings is 1. The van der Waals surface area contributed by atoms with Crippen LogP contribution in [0, 0.1) is 23.2 Å². The summed E-state index contributed by atoms with van der Waals surface area (Å²) in [5.74, 6) is 3.26. The summed E-state index contributed by atoms with van der Waals surface area (Å²) >= 11 is 0. The van der Waals surface area contributed by atoms with Crippen LogP contribution in [0.15, 0.2) is 18.2 Å². The molecule has 3 aliphatic rings. The largest absolute Gasteiger partial charge is 0.463 e. The zero-order chi connectivity index (χ0) is 19.4. The van der Waals surface area contributed by atoms with Crippen molar-refractivity contribution in [3.8, 4) is 5.75 Å². The lowest BCUT2D eigenvalue weighted by molar-refractivity contribution is -0.134. The van der Waals surface area contributed by atoms with E-state index in [4.69, 9.17) is 9.47 Å². The molecule has 3 aliphatic carbocycles. The lowest BCUT2D eigenvalue weighted by atomic mass is 9.51. The van der Waals surface area contributed by atoms with Crippen LogP contribution in [0.1, 0.15) is 76.8 Å². The minimum absolute atomic E-state index is 0.0646. The van der Waals surface area contributed by atoms with Gasteiger partial charge in [-0.2, -0.15) is 0 Å². The number of methoxy groups -OCH3 is 1. The molecule has 2 saturated carbocycles. The highest BCUT2D eigenvalue weighted by Crippen LogP contribution is 2.62. The third-order valence-electron chi connectivity index (χ3n) is 7.91. The van der Waals surface area contributed by atoms with Gasteiger partial charge in [0.15, 0.2) is 0 Å². The molecule has 0 heterocycles. The zero-order valence-electron chi connectivity index (χ0n) is 17.5. The van der Waals surface area contributed by atoms with Gasteiger partial charge in [0.2, 0.25) is 5.79 Å². The first kappa shape index (κ1) is 19.0. The first-order valence-electron chi connectivity index (χ1n) is 10.7. The molecule has 0 saturated heterocycles. The minimum Gasteiger partial charge on any atom is -0.463 e. The van der Waals surface area contributed by atoms with Crippen LogP contribution < -0.4 is 4.74 Å². The van der Waals surface area contributed by atoms with Crippen molar-refractivity contribution in [1.29, 1.82) is 0 Å². The number of hydrogen-bond donors (Lipinski definition) is 0. The third kappa shape index (κ3) is 3.03. The number of fused-ring (bicyclic) bond motifs is 5.